The second-order valence-electron chi connectivity index (χ2n) is 2.04. The van der Waals surface area contributed by atoms with Crippen LogP contribution in [0.15, 0.2) is 0 Å². The SMILES string of the molecule is CC(CC(=O)O)C(Cl)(Cl)Cl. The number of hydrogen-bond donors (Lipinski definition) is 1. The standard InChI is InChI=1S/C5H7Cl3O2/c1-3(2-4(9)10)5(6,7)8/h3H,2H2,1H3,(H,9,10). The molecule has 0 saturated heterocycles. The highest BCUT2D eigenvalue weighted by Gasteiger charge is 2.29. The van der Waals surface area contributed by atoms with E-state index in [4.69, 9.17) is 39.9 Å². The van der Waals surface area contributed by atoms with Crippen molar-refractivity contribution >= 4 is 40.8 Å². The molecule has 0 bridgehead atoms. The Hall–Kier alpha value is 0.340. The Labute approximate surface area is 74.1 Å². The first-order valence-corrected chi connectivity index (χ1v) is 3.76. The molecule has 0 amide bonds. The highest BCUT2D eigenvalue weighted by Crippen LogP contribution is 2.36. The lowest BCUT2D eigenvalue weighted by Crippen LogP contribution is -2.18. The van der Waals surface area contributed by atoms with E-state index in [2.05, 4.69) is 0 Å². The van der Waals surface area contributed by atoms with Gasteiger partial charge in [0.15, 0.2) is 3.79 Å². The number of aliphatic carboxylic acids is 1. The molecule has 1 atom stereocenters. The van der Waals surface area contributed by atoms with Crippen LogP contribution in [-0.2, 0) is 4.79 Å². The number of carbonyl (C=O) groups is 1. The van der Waals surface area contributed by atoms with Gasteiger partial charge in [0.25, 0.3) is 0 Å². The molecule has 0 aliphatic rings. The average Bonchev–Trinajstić information content (AvgIpc) is 1.60. The molecule has 60 valence electrons. The van der Waals surface area contributed by atoms with E-state index in [1.54, 1.807) is 6.92 Å². The van der Waals surface area contributed by atoms with Gasteiger partial charge in [-0.15, -0.1) is 0 Å². The van der Waals surface area contributed by atoms with E-state index >= 15 is 0 Å². The van der Waals surface area contributed by atoms with Gasteiger partial charge in [0.1, 0.15) is 0 Å². The smallest absolute Gasteiger partial charge is 0.303 e. The van der Waals surface area contributed by atoms with Crippen molar-refractivity contribution in [3.05, 3.63) is 0 Å². The highest BCUT2D eigenvalue weighted by atomic mass is 35.6. The summed E-state index contributed by atoms with van der Waals surface area (Å²) >= 11 is 16.2. The third kappa shape index (κ3) is 4.20. The predicted molar refractivity (Wildman–Crippen MR) is 41.7 cm³/mol. The van der Waals surface area contributed by atoms with Gasteiger partial charge in [0.05, 0.1) is 6.42 Å². The zero-order valence-corrected chi connectivity index (χ0v) is 7.54. The van der Waals surface area contributed by atoms with Crippen molar-refractivity contribution in [1.82, 2.24) is 0 Å². The number of alkyl halides is 3. The van der Waals surface area contributed by atoms with Gasteiger partial charge in [0.2, 0.25) is 0 Å². The number of halogens is 3. The van der Waals surface area contributed by atoms with Crippen molar-refractivity contribution in [1.29, 1.82) is 0 Å². The molecule has 10 heavy (non-hydrogen) atoms. The van der Waals surface area contributed by atoms with Crippen LogP contribution >= 0.6 is 34.8 Å². The van der Waals surface area contributed by atoms with Crippen LogP contribution < -0.4 is 0 Å². The molecule has 0 radical (unpaired) electrons. The minimum atomic E-state index is -1.47. The normalized spacial score (nSPS) is 14.8. The molecule has 0 aliphatic heterocycles. The summed E-state index contributed by atoms with van der Waals surface area (Å²) in [6.07, 6.45) is -0.128. The number of carboxylic acids is 1. The molecule has 2 nitrogen and oxygen atoms in total. The lowest BCUT2D eigenvalue weighted by Gasteiger charge is -2.17. The van der Waals surface area contributed by atoms with Crippen LogP contribution in [0, 0.1) is 5.92 Å². The van der Waals surface area contributed by atoms with Gasteiger partial charge >= 0.3 is 5.97 Å². The first-order chi connectivity index (χ1) is 4.34. The summed E-state index contributed by atoms with van der Waals surface area (Å²) in [5.74, 6) is -1.42. The fraction of sp³-hybridized carbons (Fsp3) is 0.800. The molecule has 0 heterocycles. The quantitative estimate of drug-likeness (QED) is 0.703. The molecule has 0 spiro atoms. The van der Waals surface area contributed by atoms with Crippen molar-refractivity contribution in [2.24, 2.45) is 5.92 Å². The van der Waals surface area contributed by atoms with E-state index < -0.39 is 15.7 Å². The Balaban J connectivity index is 3.85. The largest absolute Gasteiger partial charge is 0.481 e. The Kier molecular flexibility index (Phi) is 3.77. The van der Waals surface area contributed by atoms with Crippen LogP contribution in [-0.4, -0.2) is 14.9 Å². The summed E-state index contributed by atoms with van der Waals surface area (Å²) in [5, 5.41) is 8.27. The molecule has 0 aromatic heterocycles. The maximum absolute atomic E-state index is 10.1. The Bertz CT molecular complexity index is 129. The van der Waals surface area contributed by atoms with Gasteiger partial charge in [0, 0.05) is 5.92 Å². The second-order valence-corrected chi connectivity index (χ2v) is 4.41. The van der Waals surface area contributed by atoms with Gasteiger partial charge in [-0.3, -0.25) is 4.79 Å². The molecule has 1 unspecified atom stereocenters. The zero-order chi connectivity index (χ0) is 8.36. The van der Waals surface area contributed by atoms with Crippen LogP contribution in [0.1, 0.15) is 13.3 Å². The van der Waals surface area contributed by atoms with Crippen LogP contribution in [0.25, 0.3) is 0 Å². The van der Waals surface area contributed by atoms with E-state index in [-0.39, 0.29) is 6.42 Å². The molecular weight excluding hydrogens is 198 g/mol. The van der Waals surface area contributed by atoms with Gasteiger partial charge in [-0.1, -0.05) is 41.7 Å². The van der Waals surface area contributed by atoms with Crippen LogP contribution in [0.2, 0.25) is 0 Å². The molecular formula is C5H7Cl3O2. The molecule has 0 fully saturated rings. The highest BCUT2D eigenvalue weighted by molar-refractivity contribution is 6.67. The minimum Gasteiger partial charge on any atom is -0.481 e. The van der Waals surface area contributed by atoms with Crippen molar-refractivity contribution in [3.8, 4) is 0 Å². The predicted octanol–water partition coefficient (Wildman–Crippen LogP) is 2.47. The number of carboxylic acid groups (broad SMARTS) is 1. The summed E-state index contributed by atoms with van der Waals surface area (Å²) in [6, 6.07) is 0. The monoisotopic (exact) mass is 204 g/mol. The lowest BCUT2D eigenvalue weighted by molar-refractivity contribution is -0.137. The summed E-state index contributed by atoms with van der Waals surface area (Å²) < 4.78 is -1.47. The maximum Gasteiger partial charge on any atom is 0.303 e. The van der Waals surface area contributed by atoms with E-state index in [1.807, 2.05) is 0 Å². The topological polar surface area (TPSA) is 37.3 Å². The van der Waals surface area contributed by atoms with Crippen LogP contribution in [0.4, 0.5) is 0 Å². The summed E-state index contributed by atoms with van der Waals surface area (Å²) in [6.45, 7) is 1.57. The van der Waals surface area contributed by atoms with Crippen molar-refractivity contribution in [3.63, 3.8) is 0 Å². The average molecular weight is 205 g/mol. The molecule has 1 N–H and O–H groups in total. The third-order valence-corrected chi connectivity index (χ3v) is 2.16. The maximum atomic E-state index is 10.1. The van der Waals surface area contributed by atoms with Crippen LogP contribution in [0.5, 0.6) is 0 Å². The lowest BCUT2D eigenvalue weighted by atomic mass is 10.1. The molecule has 0 aromatic carbocycles. The van der Waals surface area contributed by atoms with Crippen molar-refractivity contribution in [2.45, 2.75) is 17.1 Å². The van der Waals surface area contributed by atoms with E-state index in [0.717, 1.165) is 0 Å². The van der Waals surface area contributed by atoms with Gasteiger partial charge < -0.3 is 5.11 Å². The Morgan fingerprint density at radius 1 is 1.60 bits per heavy atom. The van der Waals surface area contributed by atoms with Gasteiger partial charge in [-0.05, 0) is 0 Å². The second kappa shape index (κ2) is 3.65. The third-order valence-electron chi connectivity index (χ3n) is 1.04. The molecule has 0 rings (SSSR count). The van der Waals surface area contributed by atoms with Crippen LogP contribution in [0.3, 0.4) is 0 Å². The Morgan fingerprint density at radius 3 is 2.10 bits per heavy atom. The summed E-state index contributed by atoms with van der Waals surface area (Å²) in [4.78, 5) is 10.1. The minimum absolute atomic E-state index is 0.128. The van der Waals surface area contributed by atoms with E-state index in [0.29, 0.717) is 0 Å². The summed E-state index contributed by atoms with van der Waals surface area (Å²) in [7, 11) is 0. The fourth-order valence-electron chi connectivity index (χ4n) is 0.378. The Morgan fingerprint density at radius 2 is 2.00 bits per heavy atom. The number of hydrogen-bond acceptors (Lipinski definition) is 1. The molecule has 0 aliphatic carbocycles. The fourth-order valence-corrected chi connectivity index (χ4v) is 0.609. The first-order valence-electron chi connectivity index (χ1n) is 2.62. The van der Waals surface area contributed by atoms with Crippen molar-refractivity contribution < 1.29 is 9.90 Å². The van der Waals surface area contributed by atoms with Crippen molar-refractivity contribution in [2.75, 3.05) is 0 Å². The summed E-state index contributed by atoms with van der Waals surface area (Å²) in [5.41, 5.74) is 0. The van der Waals surface area contributed by atoms with Gasteiger partial charge in [-0.25, -0.2) is 0 Å². The molecule has 0 saturated carbocycles. The molecule has 5 heteroatoms. The van der Waals surface area contributed by atoms with Gasteiger partial charge in [-0.2, -0.15) is 0 Å². The van der Waals surface area contributed by atoms with E-state index in [1.165, 1.54) is 0 Å². The first kappa shape index (κ1) is 10.3. The number of rotatable bonds is 2. The molecule has 0 aromatic rings. The van der Waals surface area contributed by atoms with E-state index in [9.17, 15) is 4.79 Å². The zero-order valence-electron chi connectivity index (χ0n) is 5.27.